The number of hydrogen-bond donors (Lipinski definition) is 1. The average molecular weight is 421 g/mol. The van der Waals surface area contributed by atoms with Gasteiger partial charge in [-0.2, -0.15) is 10.1 Å². The zero-order chi connectivity index (χ0) is 20.5. The monoisotopic (exact) mass is 420 g/mol. The molecule has 29 heavy (non-hydrogen) atoms. The van der Waals surface area contributed by atoms with Gasteiger partial charge in [-0.3, -0.25) is 4.79 Å². The van der Waals surface area contributed by atoms with Crippen LogP contribution in [-0.4, -0.2) is 56.8 Å². The summed E-state index contributed by atoms with van der Waals surface area (Å²) in [5.74, 6) is -0.360. The normalized spacial score (nSPS) is 17.2. The highest BCUT2D eigenvalue weighted by Gasteiger charge is 2.25. The van der Waals surface area contributed by atoms with Gasteiger partial charge in [-0.05, 0) is 19.1 Å². The molecule has 1 N–H and O–H groups in total. The van der Waals surface area contributed by atoms with Crippen LogP contribution in [0, 0.1) is 5.82 Å². The topological polar surface area (TPSA) is 89.2 Å². The molecule has 1 aliphatic heterocycles. The summed E-state index contributed by atoms with van der Waals surface area (Å²) in [6, 6.07) is 4.27. The largest absolute Gasteiger partial charge is 0.491 e. The molecule has 0 fully saturated rings. The molecule has 0 saturated carbocycles. The Kier molecular flexibility index (Phi) is 5.25. The third-order valence-corrected chi connectivity index (χ3v) is 5.03. The molecule has 152 valence electrons. The van der Waals surface area contributed by atoms with Gasteiger partial charge < -0.3 is 19.5 Å². The van der Waals surface area contributed by atoms with E-state index in [4.69, 9.17) is 21.1 Å². The van der Waals surface area contributed by atoms with Gasteiger partial charge in [0.05, 0.1) is 29.9 Å². The summed E-state index contributed by atoms with van der Waals surface area (Å²) in [4.78, 5) is 18.8. The lowest BCUT2D eigenvalue weighted by Crippen LogP contribution is -2.36. The minimum atomic E-state index is -0.667. The Morgan fingerprint density at radius 3 is 3.00 bits per heavy atom. The minimum Gasteiger partial charge on any atom is -0.491 e. The van der Waals surface area contributed by atoms with Crippen LogP contribution in [0.1, 0.15) is 28.9 Å². The van der Waals surface area contributed by atoms with Crippen LogP contribution < -0.4 is 9.47 Å². The van der Waals surface area contributed by atoms with Gasteiger partial charge in [0.1, 0.15) is 29.8 Å². The van der Waals surface area contributed by atoms with Crippen molar-refractivity contribution in [1.29, 1.82) is 0 Å². The Bertz CT molecular complexity index is 1070. The van der Waals surface area contributed by atoms with Crippen molar-refractivity contribution in [2.75, 3.05) is 26.3 Å². The first-order chi connectivity index (χ1) is 14.0. The second-order valence-electron chi connectivity index (χ2n) is 6.49. The van der Waals surface area contributed by atoms with Gasteiger partial charge in [0, 0.05) is 18.8 Å². The molecule has 0 aliphatic carbocycles. The van der Waals surface area contributed by atoms with Gasteiger partial charge in [-0.1, -0.05) is 11.6 Å². The van der Waals surface area contributed by atoms with Crippen LogP contribution in [0.3, 0.4) is 0 Å². The number of fused-ring (bicyclic) bond motifs is 2. The van der Waals surface area contributed by atoms with E-state index < -0.39 is 11.9 Å². The number of β-amino-alcohol motifs (C(OH)–C–C–N with tert-alkyl or cyclic N) is 1. The van der Waals surface area contributed by atoms with Crippen LogP contribution in [0.5, 0.6) is 11.6 Å². The van der Waals surface area contributed by atoms with E-state index in [0.29, 0.717) is 17.0 Å². The van der Waals surface area contributed by atoms with Crippen molar-refractivity contribution in [3.8, 4) is 11.6 Å². The molecule has 0 radical (unpaired) electrons. The SMILES string of the molecule is CC1Oc2ccn3ncc(c3n2)C(=O)N(CCO)CCOc2ccc(F)c(Cl)c21. The lowest BCUT2D eigenvalue weighted by molar-refractivity contribution is 0.0694. The maximum Gasteiger partial charge on any atom is 0.259 e. The van der Waals surface area contributed by atoms with Crippen molar-refractivity contribution >= 4 is 23.2 Å². The standard InChI is InChI=1S/C19H18ClFN4O4/c1-11-16-14(3-2-13(21)17(16)20)28-9-7-24(6-8-26)19(27)12-10-22-25-5-4-15(29-11)23-18(12)25/h2-5,10-11,26H,6-9H2,1H3. The molecule has 2 aromatic heterocycles. The van der Waals surface area contributed by atoms with Gasteiger partial charge in [-0.15, -0.1) is 0 Å². The Labute approximate surface area is 170 Å². The van der Waals surface area contributed by atoms with Gasteiger partial charge >= 0.3 is 0 Å². The minimum absolute atomic E-state index is 0.0979. The summed E-state index contributed by atoms with van der Waals surface area (Å²) in [5.41, 5.74) is 0.937. The summed E-state index contributed by atoms with van der Waals surface area (Å²) in [6.07, 6.45) is 2.37. The van der Waals surface area contributed by atoms with E-state index in [1.54, 1.807) is 19.2 Å². The highest BCUT2D eigenvalue weighted by molar-refractivity contribution is 6.31. The quantitative estimate of drug-likeness (QED) is 0.685. The number of carbonyl (C=O) groups is 1. The predicted octanol–water partition coefficient (Wildman–Crippen LogP) is 2.49. The maximum atomic E-state index is 14.1. The van der Waals surface area contributed by atoms with Crippen molar-refractivity contribution in [3.05, 3.63) is 52.6 Å². The first-order valence-corrected chi connectivity index (χ1v) is 9.39. The number of ether oxygens (including phenoxy) is 2. The molecule has 2 bridgehead atoms. The molecule has 10 heteroatoms. The number of nitrogens with zero attached hydrogens (tertiary/aromatic N) is 4. The summed E-state index contributed by atoms with van der Waals surface area (Å²) < 4.78 is 27.2. The van der Waals surface area contributed by atoms with E-state index in [1.807, 2.05) is 0 Å². The number of hydrogen-bond acceptors (Lipinski definition) is 6. The fourth-order valence-electron chi connectivity index (χ4n) is 3.23. The molecule has 1 unspecified atom stereocenters. The van der Waals surface area contributed by atoms with Gasteiger partial charge in [0.25, 0.3) is 5.91 Å². The summed E-state index contributed by atoms with van der Waals surface area (Å²) in [5, 5.41) is 13.4. The van der Waals surface area contributed by atoms with Crippen LogP contribution in [0.4, 0.5) is 4.39 Å². The van der Waals surface area contributed by atoms with Crippen LogP contribution in [0.25, 0.3) is 5.65 Å². The van der Waals surface area contributed by atoms with Gasteiger partial charge in [-0.25, -0.2) is 8.91 Å². The van der Waals surface area contributed by atoms with Crippen molar-refractivity contribution in [2.45, 2.75) is 13.0 Å². The number of amides is 1. The van der Waals surface area contributed by atoms with Gasteiger partial charge in [0.15, 0.2) is 5.65 Å². The molecule has 0 spiro atoms. The molecular formula is C19H18ClFN4O4. The number of rotatable bonds is 2. The number of benzene rings is 1. The Balaban J connectivity index is 1.84. The van der Waals surface area contributed by atoms with E-state index in [-0.39, 0.29) is 48.7 Å². The second-order valence-corrected chi connectivity index (χ2v) is 6.87. The summed E-state index contributed by atoms with van der Waals surface area (Å²) in [6.45, 7) is 1.92. The number of halogens is 2. The van der Waals surface area contributed by atoms with Crippen LogP contribution in [0.2, 0.25) is 5.02 Å². The van der Waals surface area contributed by atoms with Crippen LogP contribution in [-0.2, 0) is 0 Å². The first-order valence-electron chi connectivity index (χ1n) is 9.01. The zero-order valence-corrected chi connectivity index (χ0v) is 16.3. The van der Waals surface area contributed by atoms with E-state index in [1.165, 1.54) is 27.7 Å². The summed E-state index contributed by atoms with van der Waals surface area (Å²) in [7, 11) is 0. The molecule has 3 aromatic rings. The van der Waals surface area contributed by atoms with E-state index in [2.05, 4.69) is 10.1 Å². The zero-order valence-electron chi connectivity index (χ0n) is 15.5. The number of carbonyl (C=O) groups excluding carboxylic acids is 1. The van der Waals surface area contributed by atoms with Crippen molar-refractivity contribution in [2.24, 2.45) is 0 Å². The average Bonchev–Trinajstić information content (AvgIpc) is 3.12. The lowest BCUT2D eigenvalue weighted by atomic mass is 10.1. The second kappa shape index (κ2) is 7.84. The molecular weight excluding hydrogens is 403 g/mol. The Morgan fingerprint density at radius 2 is 2.21 bits per heavy atom. The van der Waals surface area contributed by atoms with E-state index in [0.717, 1.165) is 0 Å². The Hall–Kier alpha value is -2.91. The smallest absolute Gasteiger partial charge is 0.259 e. The first kappa shape index (κ1) is 19.4. The van der Waals surface area contributed by atoms with Crippen molar-refractivity contribution in [3.63, 3.8) is 0 Å². The molecule has 0 saturated heterocycles. The maximum absolute atomic E-state index is 14.1. The number of aliphatic hydroxyl groups excluding tert-OH is 1. The summed E-state index contributed by atoms with van der Waals surface area (Å²) >= 11 is 6.19. The Morgan fingerprint density at radius 1 is 1.38 bits per heavy atom. The van der Waals surface area contributed by atoms with Crippen molar-refractivity contribution < 1.29 is 23.8 Å². The molecule has 8 nitrogen and oxygen atoms in total. The predicted molar refractivity (Wildman–Crippen MR) is 102 cm³/mol. The third-order valence-electron chi connectivity index (χ3n) is 4.65. The van der Waals surface area contributed by atoms with Crippen molar-refractivity contribution in [1.82, 2.24) is 19.5 Å². The molecule has 4 rings (SSSR count). The number of aliphatic hydroxyl groups is 1. The molecule has 1 atom stereocenters. The fraction of sp³-hybridized carbons (Fsp3) is 0.316. The molecule has 1 aliphatic rings. The van der Waals surface area contributed by atoms with Gasteiger partial charge in [0.2, 0.25) is 5.88 Å². The van der Waals surface area contributed by atoms with Crippen LogP contribution in [0.15, 0.2) is 30.6 Å². The van der Waals surface area contributed by atoms with Crippen LogP contribution >= 0.6 is 11.6 Å². The lowest BCUT2D eigenvalue weighted by Gasteiger charge is -2.22. The fourth-order valence-corrected chi connectivity index (χ4v) is 3.54. The van der Waals surface area contributed by atoms with E-state index in [9.17, 15) is 14.3 Å². The molecule has 3 heterocycles. The van der Waals surface area contributed by atoms with E-state index >= 15 is 0 Å². The highest BCUT2D eigenvalue weighted by atomic mass is 35.5. The highest BCUT2D eigenvalue weighted by Crippen LogP contribution is 2.36. The third kappa shape index (κ3) is 3.58. The molecule has 1 amide bonds. The molecule has 1 aromatic carbocycles. The number of aromatic nitrogens is 3.